The second kappa shape index (κ2) is 7.44. The van der Waals surface area contributed by atoms with E-state index in [2.05, 4.69) is 4.98 Å². The minimum Gasteiger partial charge on any atom is -0.507 e. The standard InChI is InChI=1S/C23H17FN2O4/c1-13-5-10-18(27)17(12-13)26-20(16-4-2-3-11-25-16)19(22(29)23(26)30)21(28)14-6-8-15(24)9-7-14/h2-12,20,27-28H,1H3/b21-19+. The van der Waals surface area contributed by atoms with Crippen molar-refractivity contribution in [2.75, 3.05) is 4.90 Å². The number of anilines is 1. The number of pyridine rings is 1. The van der Waals surface area contributed by atoms with Gasteiger partial charge in [0.2, 0.25) is 0 Å². The van der Waals surface area contributed by atoms with Gasteiger partial charge in [-0.25, -0.2) is 4.39 Å². The number of phenols is 1. The molecule has 0 saturated carbocycles. The van der Waals surface area contributed by atoms with Crippen LogP contribution in [-0.4, -0.2) is 26.9 Å². The molecule has 3 aromatic rings. The first-order valence-electron chi connectivity index (χ1n) is 9.16. The van der Waals surface area contributed by atoms with Crippen LogP contribution in [0.4, 0.5) is 10.1 Å². The molecule has 1 saturated heterocycles. The highest BCUT2D eigenvalue weighted by molar-refractivity contribution is 6.51. The number of nitrogens with zero attached hydrogens (tertiary/aromatic N) is 2. The quantitative estimate of drug-likeness (QED) is 0.393. The molecule has 4 rings (SSSR count). The van der Waals surface area contributed by atoms with Crippen LogP contribution in [0.3, 0.4) is 0 Å². The van der Waals surface area contributed by atoms with E-state index in [0.717, 1.165) is 22.6 Å². The first-order chi connectivity index (χ1) is 14.4. The summed E-state index contributed by atoms with van der Waals surface area (Å²) in [7, 11) is 0. The maximum absolute atomic E-state index is 13.3. The van der Waals surface area contributed by atoms with Gasteiger partial charge in [-0.15, -0.1) is 0 Å². The first kappa shape index (κ1) is 19.3. The number of hydrogen-bond acceptors (Lipinski definition) is 5. The summed E-state index contributed by atoms with van der Waals surface area (Å²) in [6, 6.07) is 13.5. The molecule has 1 unspecified atom stereocenters. The molecule has 2 heterocycles. The maximum Gasteiger partial charge on any atom is 0.300 e. The van der Waals surface area contributed by atoms with E-state index in [1.54, 1.807) is 37.3 Å². The zero-order chi connectivity index (χ0) is 21.4. The summed E-state index contributed by atoms with van der Waals surface area (Å²) < 4.78 is 13.3. The van der Waals surface area contributed by atoms with Crippen molar-refractivity contribution in [2.45, 2.75) is 13.0 Å². The Morgan fingerprint density at radius 1 is 1.07 bits per heavy atom. The molecule has 1 amide bonds. The lowest BCUT2D eigenvalue weighted by Crippen LogP contribution is -2.30. The van der Waals surface area contributed by atoms with E-state index in [0.29, 0.717) is 5.69 Å². The van der Waals surface area contributed by atoms with Crippen molar-refractivity contribution in [1.82, 2.24) is 4.98 Å². The molecule has 1 fully saturated rings. The third-order valence-corrected chi connectivity index (χ3v) is 4.92. The van der Waals surface area contributed by atoms with Gasteiger partial charge in [-0.05, 0) is 61.0 Å². The highest BCUT2D eigenvalue weighted by atomic mass is 19.1. The molecule has 1 atom stereocenters. The largest absolute Gasteiger partial charge is 0.507 e. The van der Waals surface area contributed by atoms with Gasteiger partial charge in [-0.3, -0.25) is 19.5 Å². The van der Waals surface area contributed by atoms with Crippen molar-refractivity contribution in [2.24, 2.45) is 0 Å². The molecule has 1 aromatic heterocycles. The van der Waals surface area contributed by atoms with Gasteiger partial charge in [0.1, 0.15) is 23.4 Å². The number of aromatic nitrogens is 1. The third-order valence-electron chi connectivity index (χ3n) is 4.92. The van der Waals surface area contributed by atoms with Gasteiger partial charge in [0.05, 0.1) is 17.0 Å². The highest BCUT2D eigenvalue weighted by Gasteiger charge is 2.48. The Labute approximate surface area is 171 Å². The summed E-state index contributed by atoms with van der Waals surface area (Å²) in [5.74, 6) is -2.97. The number of aryl methyl sites for hydroxylation is 1. The number of aromatic hydroxyl groups is 1. The SMILES string of the molecule is Cc1ccc(O)c(N2C(=O)C(=O)/C(=C(/O)c3ccc(F)cc3)C2c2ccccn2)c1. The van der Waals surface area contributed by atoms with Crippen LogP contribution in [0.25, 0.3) is 5.76 Å². The lowest BCUT2D eigenvalue weighted by atomic mass is 9.98. The second-order valence-corrected chi connectivity index (χ2v) is 6.92. The lowest BCUT2D eigenvalue weighted by molar-refractivity contribution is -0.132. The van der Waals surface area contributed by atoms with Crippen molar-refractivity contribution in [3.8, 4) is 5.75 Å². The number of carbonyl (C=O) groups excluding carboxylic acids is 2. The Balaban J connectivity index is 1.97. The summed E-state index contributed by atoms with van der Waals surface area (Å²) in [4.78, 5) is 31.3. The number of Topliss-reactive ketones (excluding diaryl/α,β-unsaturated/α-hetero) is 1. The number of halogens is 1. The molecule has 1 aliphatic rings. The van der Waals surface area contributed by atoms with Gasteiger partial charge >= 0.3 is 0 Å². The van der Waals surface area contributed by atoms with Crippen LogP contribution in [0.5, 0.6) is 5.75 Å². The van der Waals surface area contributed by atoms with E-state index in [4.69, 9.17) is 0 Å². The van der Waals surface area contributed by atoms with Gasteiger partial charge < -0.3 is 10.2 Å². The first-order valence-corrected chi connectivity index (χ1v) is 9.16. The number of phenolic OH excluding ortho intramolecular Hbond substituents is 1. The third kappa shape index (κ3) is 3.20. The van der Waals surface area contributed by atoms with Crippen molar-refractivity contribution < 1.29 is 24.2 Å². The number of aliphatic hydroxyl groups excluding tert-OH is 1. The van der Waals surface area contributed by atoms with E-state index in [-0.39, 0.29) is 22.6 Å². The van der Waals surface area contributed by atoms with Crippen LogP contribution in [-0.2, 0) is 9.59 Å². The van der Waals surface area contributed by atoms with Gasteiger partial charge in [0, 0.05) is 11.8 Å². The molecule has 7 heteroatoms. The van der Waals surface area contributed by atoms with Crippen molar-refractivity contribution in [3.63, 3.8) is 0 Å². The number of ketones is 1. The Kier molecular flexibility index (Phi) is 4.79. The van der Waals surface area contributed by atoms with Gasteiger partial charge in [0.25, 0.3) is 11.7 Å². The number of rotatable bonds is 3. The van der Waals surface area contributed by atoms with Gasteiger partial charge in [-0.1, -0.05) is 12.1 Å². The molecule has 0 radical (unpaired) electrons. The van der Waals surface area contributed by atoms with E-state index in [1.165, 1.54) is 24.4 Å². The summed E-state index contributed by atoms with van der Waals surface area (Å²) in [6.45, 7) is 1.79. The zero-order valence-corrected chi connectivity index (χ0v) is 15.9. The molecular formula is C23H17FN2O4. The van der Waals surface area contributed by atoms with Crippen molar-refractivity contribution >= 4 is 23.1 Å². The average Bonchev–Trinajstić information content (AvgIpc) is 3.01. The van der Waals surface area contributed by atoms with Crippen LogP contribution in [0, 0.1) is 12.7 Å². The summed E-state index contributed by atoms with van der Waals surface area (Å²) in [6.07, 6.45) is 1.50. The monoisotopic (exact) mass is 404 g/mol. The van der Waals surface area contributed by atoms with E-state index < -0.39 is 29.3 Å². The summed E-state index contributed by atoms with van der Waals surface area (Å²) >= 11 is 0. The maximum atomic E-state index is 13.3. The number of amides is 1. The predicted octanol–water partition coefficient (Wildman–Crippen LogP) is 3.86. The molecule has 2 aromatic carbocycles. The normalized spacial score (nSPS) is 18.1. The minimum absolute atomic E-state index is 0.130. The number of aliphatic hydroxyl groups is 1. The van der Waals surface area contributed by atoms with Crippen LogP contribution >= 0.6 is 0 Å². The Morgan fingerprint density at radius 2 is 1.80 bits per heavy atom. The molecule has 30 heavy (non-hydrogen) atoms. The van der Waals surface area contributed by atoms with E-state index >= 15 is 0 Å². The molecule has 2 N–H and O–H groups in total. The van der Waals surface area contributed by atoms with Crippen LogP contribution in [0.15, 0.2) is 72.4 Å². The molecule has 0 aliphatic carbocycles. The molecular weight excluding hydrogens is 387 g/mol. The fourth-order valence-electron chi connectivity index (χ4n) is 3.49. The fourth-order valence-corrected chi connectivity index (χ4v) is 3.49. The molecule has 0 spiro atoms. The van der Waals surface area contributed by atoms with Crippen LogP contribution in [0.2, 0.25) is 0 Å². The van der Waals surface area contributed by atoms with Crippen LogP contribution < -0.4 is 4.90 Å². The molecule has 6 nitrogen and oxygen atoms in total. The highest BCUT2D eigenvalue weighted by Crippen LogP contribution is 2.44. The topological polar surface area (TPSA) is 90.7 Å². The Bertz CT molecular complexity index is 1170. The van der Waals surface area contributed by atoms with E-state index in [1.807, 2.05) is 0 Å². The lowest BCUT2D eigenvalue weighted by Gasteiger charge is -2.25. The summed E-state index contributed by atoms with van der Waals surface area (Å²) in [5, 5.41) is 21.3. The Morgan fingerprint density at radius 3 is 2.47 bits per heavy atom. The fraction of sp³-hybridized carbons (Fsp3) is 0.0870. The zero-order valence-electron chi connectivity index (χ0n) is 15.9. The van der Waals surface area contributed by atoms with Crippen molar-refractivity contribution in [1.29, 1.82) is 0 Å². The van der Waals surface area contributed by atoms with Gasteiger partial charge in [-0.2, -0.15) is 0 Å². The van der Waals surface area contributed by atoms with Gasteiger partial charge in [0.15, 0.2) is 0 Å². The number of hydrogen-bond donors (Lipinski definition) is 2. The summed E-state index contributed by atoms with van der Waals surface area (Å²) in [5.41, 5.74) is 1.23. The van der Waals surface area contributed by atoms with Crippen molar-refractivity contribution in [3.05, 3.63) is 95.1 Å². The number of carbonyl (C=O) groups is 2. The average molecular weight is 404 g/mol. The van der Waals surface area contributed by atoms with E-state index in [9.17, 15) is 24.2 Å². The van der Waals surface area contributed by atoms with Crippen LogP contribution in [0.1, 0.15) is 22.9 Å². The number of benzene rings is 2. The smallest absolute Gasteiger partial charge is 0.300 e. The molecule has 1 aliphatic heterocycles. The molecule has 0 bridgehead atoms. The predicted molar refractivity (Wildman–Crippen MR) is 108 cm³/mol. The Hall–Kier alpha value is -4.00. The molecule has 150 valence electrons. The minimum atomic E-state index is -1.07. The second-order valence-electron chi connectivity index (χ2n) is 6.92.